The van der Waals surface area contributed by atoms with Crippen LogP contribution in [-0.2, 0) is 0 Å². The molecule has 2 heterocycles. The molecule has 1 amide bonds. The summed E-state index contributed by atoms with van der Waals surface area (Å²) in [5, 5.41) is 4.40. The Kier molecular flexibility index (Phi) is 5.64. The van der Waals surface area contributed by atoms with E-state index in [1.165, 1.54) is 30.5 Å². The number of nitrogens with zero attached hydrogens (tertiary/aromatic N) is 2. The van der Waals surface area contributed by atoms with Gasteiger partial charge in [-0.1, -0.05) is 29.8 Å². The van der Waals surface area contributed by atoms with Crippen molar-refractivity contribution in [3.8, 4) is 0 Å². The van der Waals surface area contributed by atoms with E-state index in [0.717, 1.165) is 5.52 Å². The summed E-state index contributed by atoms with van der Waals surface area (Å²) in [5.74, 6) is -1.08. The van der Waals surface area contributed by atoms with Crippen molar-refractivity contribution in [2.75, 3.05) is 0 Å². The molecule has 0 aliphatic heterocycles. The number of pyridine rings is 1. The highest BCUT2D eigenvalue weighted by atomic mass is 35.5. The third-order valence-electron chi connectivity index (χ3n) is 4.94. The number of rotatable bonds is 5. The van der Waals surface area contributed by atoms with Crippen molar-refractivity contribution >= 4 is 35.0 Å². The van der Waals surface area contributed by atoms with Gasteiger partial charge in [-0.2, -0.15) is 5.10 Å². The van der Waals surface area contributed by atoms with Crippen LogP contribution in [0.1, 0.15) is 37.5 Å². The summed E-state index contributed by atoms with van der Waals surface area (Å²) >= 11 is 6.05. The van der Waals surface area contributed by atoms with Crippen LogP contribution in [0.4, 0.5) is 4.39 Å². The summed E-state index contributed by atoms with van der Waals surface area (Å²) < 4.78 is 15.0. The second kappa shape index (κ2) is 8.53. The summed E-state index contributed by atoms with van der Waals surface area (Å²) in [4.78, 5) is 25.5. The molecule has 0 radical (unpaired) electrons. The standard InChI is InChI=1S/C24H17ClFN3O2/c1-15-19(14-27-28-24(31)18-6-2-3-7-20(18)25)21-8-4-5-13-29(21)22(15)23(30)16-9-11-17(26)12-10-16/h2-14H,1H3,(H,28,31)/b27-14+. The number of carbonyl (C=O) groups excluding carboxylic acids is 2. The topological polar surface area (TPSA) is 62.9 Å². The number of hydrogen-bond acceptors (Lipinski definition) is 3. The maximum absolute atomic E-state index is 13.3. The second-order valence-corrected chi connectivity index (χ2v) is 7.27. The molecular formula is C24H17ClFN3O2. The number of carbonyl (C=O) groups is 2. The molecule has 31 heavy (non-hydrogen) atoms. The van der Waals surface area contributed by atoms with E-state index < -0.39 is 11.7 Å². The monoisotopic (exact) mass is 433 g/mol. The van der Waals surface area contributed by atoms with Crippen LogP contribution >= 0.6 is 11.6 Å². The number of nitrogens with one attached hydrogen (secondary N) is 1. The first-order chi connectivity index (χ1) is 15.0. The minimum Gasteiger partial charge on any atom is -0.313 e. The van der Waals surface area contributed by atoms with Crippen molar-refractivity contribution < 1.29 is 14.0 Å². The lowest BCUT2D eigenvalue weighted by atomic mass is 10.0. The Hall–Kier alpha value is -3.77. The van der Waals surface area contributed by atoms with E-state index in [2.05, 4.69) is 10.5 Å². The van der Waals surface area contributed by atoms with E-state index in [9.17, 15) is 14.0 Å². The molecule has 2 aromatic heterocycles. The van der Waals surface area contributed by atoms with E-state index in [1.807, 2.05) is 18.2 Å². The SMILES string of the molecule is Cc1c(/C=N/NC(=O)c2ccccc2Cl)c2ccccn2c1C(=O)c1ccc(F)cc1. The van der Waals surface area contributed by atoms with Gasteiger partial charge >= 0.3 is 0 Å². The molecule has 0 saturated carbocycles. The van der Waals surface area contributed by atoms with Crippen LogP contribution in [0.2, 0.25) is 5.02 Å². The Morgan fingerprint density at radius 1 is 1.03 bits per heavy atom. The fraction of sp³-hybridized carbons (Fsp3) is 0.0417. The fourth-order valence-corrected chi connectivity index (χ4v) is 3.62. The maximum atomic E-state index is 13.3. The highest BCUT2D eigenvalue weighted by molar-refractivity contribution is 6.33. The van der Waals surface area contributed by atoms with Gasteiger partial charge in [-0.15, -0.1) is 0 Å². The third kappa shape index (κ3) is 3.98. The van der Waals surface area contributed by atoms with Gasteiger partial charge in [0.1, 0.15) is 5.82 Å². The van der Waals surface area contributed by atoms with E-state index in [1.54, 1.807) is 41.8 Å². The number of hydrazone groups is 1. The molecule has 0 spiro atoms. The summed E-state index contributed by atoms with van der Waals surface area (Å²) in [7, 11) is 0. The molecule has 0 unspecified atom stereocenters. The molecule has 0 bridgehead atoms. The highest BCUT2D eigenvalue weighted by Crippen LogP contribution is 2.24. The van der Waals surface area contributed by atoms with Gasteiger partial charge in [-0.25, -0.2) is 9.82 Å². The zero-order valence-electron chi connectivity index (χ0n) is 16.5. The summed E-state index contributed by atoms with van der Waals surface area (Å²) in [6.07, 6.45) is 3.28. The fourth-order valence-electron chi connectivity index (χ4n) is 3.40. The van der Waals surface area contributed by atoms with Gasteiger partial charge in [0.05, 0.1) is 28.0 Å². The summed E-state index contributed by atoms with van der Waals surface area (Å²) in [6.45, 7) is 1.81. The van der Waals surface area contributed by atoms with Crippen LogP contribution in [0.25, 0.3) is 5.52 Å². The van der Waals surface area contributed by atoms with Crippen molar-refractivity contribution in [1.82, 2.24) is 9.83 Å². The number of fused-ring (bicyclic) bond motifs is 1. The smallest absolute Gasteiger partial charge is 0.272 e. The Balaban J connectivity index is 1.69. The van der Waals surface area contributed by atoms with E-state index in [-0.39, 0.29) is 5.78 Å². The molecule has 7 heteroatoms. The molecule has 0 aliphatic rings. The van der Waals surface area contributed by atoms with E-state index >= 15 is 0 Å². The first-order valence-electron chi connectivity index (χ1n) is 9.45. The number of halogens is 2. The number of ketones is 1. The van der Waals surface area contributed by atoms with E-state index in [0.29, 0.717) is 33.0 Å². The van der Waals surface area contributed by atoms with Crippen LogP contribution in [0.15, 0.2) is 78.0 Å². The minimum absolute atomic E-state index is 0.238. The Morgan fingerprint density at radius 3 is 2.48 bits per heavy atom. The Labute approximate surface area is 182 Å². The first kappa shape index (κ1) is 20.5. The molecule has 0 fully saturated rings. The molecule has 154 valence electrons. The van der Waals surface area contributed by atoms with Crippen LogP contribution in [0.3, 0.4) is 0 Å². The van der Waals surface area contributed by atoms with Crippen molar-refractivity contribution in [3.63, 3.8) is 0 Å². The Morgan fingerprint density at radius 2 is 1.74 bits per heavy atom. The minimum atomic E-state index is -0.439. The molecule has 5 nitrogen and oxygen atoms in total. The quantitative estimate of drug-likeness (QED) is 0.272. The zero-order valence-corrected chi connectivity index (χ0v) is 17.2. The average Bonchev–Trinajstić information content (AvgIpc) is 3.05. The van der Waals surface area contributed by atoms with Gasteiger partial charge in [0.25, 0.3) is 5.91 Å². The highest BCUT2D eigenvalue weighted by Gasteiger charge is 2.21. The Bertz CT molecular complexity index is 1330. The van der Waals surface area contributed by atoms with E-state index in [4.69, 9.17) is 11.6 Å². The van der Waals surface area contributed by atoms with Gasteiger partial charge in [-0.05, 0) is 61.0 Å². The van der Waals surface area contributed by atoms with Crippen molar-refractivity contribution in [3.05, 3.63) is 112 Å². The first-order valence-corrected chi connectivity index (χ1v) is 9.83. The molecule has 0 saturated heterocycles. The third-order valence-corrected chi connectivity index (χ3v) is 5.27. The van der Waals surface area contributed by atoms with Crippen molar-refractivity contribution in [2.24, 2.45) is 5.10 Å². The molecule has 1 N–H and O–H groups in total. The predicted octanol–water partition coefficient (Wildman–Crippen LogP) is 5.04. The molecule has 2 aromatic carbocycles. The maximum Gasteiger partial charge on any atom is 0.272 e. The largest absolute Gasteiger partial charge is 0.313 e. The zero-order chi connectivity index (χ0) is 22.0. The predicted molar refractivity (Wildman–Crippen MR) is 118 cm³/mol. The normalized spacial score (nSPS) is 11.2. The van der Waals surface area contributed by atoms with Crippen LogP contribution in [0.5, 0.6) is 0 Å². The average molecular weight is 434 g/mol. The number of benzene rings is 2. The van der Waals surface area contributed by atoms with Crippen LogP contribution in [0, 0.1) is 12.7 Å². The van der Waals surface area contributed by atoms with Gasteiger partial charge in [0.2, 0.25) is 5.78 Å². The van der Waals surface area contributed by atoms with Gasteiger partial charge < -0.3 is 4.40 Å². The van der Waals surface area contributed by atoms with Gasteiger partial charge in [0.15, 0.2) is 0 Å². The lowest BCUT2D eigenvalue weighted by Gasteiger charge is -2.04. The molecule has 0 aliphatic carbocycles. The van der Waals surface area contributed by atoms with Crippen LogP contribution in [-0.4, -0.2) is 22.3 Å². The molecule has 4 aromatic rings. The molecular weight excluding hydrogens is 417 g/mol. The number of amides is 1. The van der Waals surface area contributed by atoms with Crippen molar-refractivity contribution in [1.29, 1.82) is 0 Å². The molecule has 4 rings (SSSR count). The summed E-state index contributed by atoms with van der Waals surface area (Å²) in [5.41, 5.74) is 5.73. The lowest BCUT2D eigenvalue weighted by molar-refractivity contribution is 0.0954. The lowest BCUT2D eigenvalue weighted by Crippen LogP contribution is -2.18. The molecule has 0 atom stereocenters. The number of aromatic nitrogens is 1. The van der Waals surface area contributed by atoms with Crippen LogP contribution < -0.4 is 5.43 Å². The van der Waals surface area contributed by atoms with Gasteiger partial charge in [-0.3, -0.25) is 9.59 Å². The second-order valence-electron chi connectivity index (χ2n) is 6.86. The summed E-state index contributed by atoms with van der Waals surface area (Å²) in [6, 6.07) is 17.6. The van der Waals surface area contributed by atoms with Gasteiger partial charge in [0, 0.05) is 17.3 Å². The number of hydrogen-bond donors (Lipinski definition) is 1. The van der Waals surface area contributed by atoms with Crippen molar-refractivity contribution in [2.45, 2.75) is 6.92 Å².